The maximum atomic E-state index is 12.4. The molecule has 28 heavy (non-hydrogen) atoms. The van der Waals surface area contributed by atoms with Gasteiger partial charge in [-0.3, -0.25) is 14.5 Å². The molecule has 0 unspecified atom stereocenters. The van der Waals surface area contributed by atoms with Crippen molar-refractivity contribution in [2.24, 2.45) is 0 Å². The first-order chi connectivity index (χ1) is 13.6. The molecule has 0 bridgehead atoms. The van der Waals surface area contributed by atoms with Crippen molar-refractivity contribution < 1.29 is 14.3 Å². The van der Waals surface area contributed by atoms with Gasteiger partial charge in [0.25, 0.3) is 0 Å². The third-order valence-electron chi connectivity index (χ3n) is 4.80. The summed E-state index contributed by atoms with van der Waals surface area (Å²) >= 11 is 0. The Hall–Kier alpha value is -2.86. The highest BCUT2D eigenvalue weighted by molar-refractivity contribution is 5.97. The molecule has 3 rings (SSSR count). The van der Waals surface area contributed by atoms with Crippen LogP contribution >= 0.6 is 0 Å². The molecule has 6 nitrogen and oxygen atoms in total. The number of carbonyl (C=O) groups excluding carboxylic acids is 2. The summed E-state index contributed by atoms with van der Waals surface area (Å²) < 4.78 is 5.73. The van der Waals surface area contributed by atoms with E-state index in [1.54, 1.807) is 24.3 Å². The van der Waals surface area contributed by atoms with Crippen LogP contribution in [0, 0.1) is 0 Å². The standard InChI is InChI=1S/C22H27N3O3/c1-3-28-21-10-5-4-9-20(21)25-13-11-24(12-14-25)16-22(27)23-19-8-6-7-18(15-19)17(2)26/h4-10,15H,3,11-14,16H2,1-2H3,(H,23,27). The first-order valence-electron chi connectivity index (χ1n) is 9.67. The highest BCUT2D eigenvalue weighted by Gasteiger charge is 2.21. The Balaban J connectivity index is 1.52. The number of ether oxygens (including phenoxy) is 1. The minimum Gasteiger partial charge on any atom is -0.492 e. The predicted octanol–water partition coefficient (Wildman–Crippen LogP) is 3.05. The molecule has 0 spiro atoms. The first-order valence-corrected chi connectivity index (χ1v) is 9.67. The number of hydrogen-bond acceptors (Lipinski definition) is 5. The van der Waals surface area contributed by atoms with Crippen molar-refractivity contribution in [1.29, 1.82) is 0 Å². The summed E-state index contributed by atoms with van der Waals surface area (Å²) in [6.07, 6.45) is 0. The second kappa shape index (κ2) is 9.37. The van der Waals surface area contributed by atoms with Crippen LogP contribution in [0.4, 0.5) is 11.4 Å². The van der Waals surface area contributed by atoms with Gasteiger partial charge in [0.05, 0.1) is 18.8 Å². The Kier molecular flexibility index (Phi) is 6.66. The van der Waals surface area contributed by atoms with Crippen LogP contribution in [0.15, 0.2) is 48.5 Å². The summed E-state index contributed by atoms with van der Waals surface area (Å²) in [5.41, 5.74) is 2.36. The molecule has 1 aliphatic rings. The summed E-state index contributed by atoms with van der Waals surface area (Å²) in [6, 6.07) is 15.1. The van der Waals surface area contributed by atoms with E-state index in [-0.39, 0.29) is 11.7 Å². The van der Waals surface area contributed by atoms with Crippen LogP contribution in [0.3, 0.4) is 0 Å². The number of benzene rings is 2. The summed E-state index contributed by atoms with van der Waals surface area (Å²) in [6.45, 7) is 7.79. The molecule has 1 N–H and O–H groups in total. The SMILES string of the molecule is CCOc1ccccc1N1CCN(CC(=O)Nc2cccc(C(C)=O)c2)CC1. The molecular weight excluding hydrogens is 354 g/mol. The van der Waals surface area contributed by atoms with Crippen LogP contribution in [-0.4, -0.2) is 55.9 Å². The molecule has 6 heteroatoms. The zero-order valence-electron chi connectivity index (χ0n) is 16.5. The van der Waals surface area contributed by atoms with Crippen molar-refractivity contribution in [2.45, 2.75) is 13.8 Å². The van der Waals surface area contributed by atoms with Gasteiger partial charge in [-0.2, -0.15) is 0 Å². The minimum atomic E-state index is -0.0659. The molecule has 1 saturated heterocycles. The quantitative estimate of drug-likeness (QED) is 0.747. The third-order valence-corrected chi connectivity index (χ3v) is 4.80. The molecule has 2 aromatic carbocycles. The van der Waals surface area contributed by atoms with Crippen molar-refractivity contribution in [1.82, 2.24) is 4.90 Å². The van der Waals surface area contributed by atoms with Gasteiger partial charge in [0, 0.05) is 37.4 Å². The van der Waals surface area contributed by atoms with Gasteiger partial charge in [0.1, 0.15) is 5.75 Å². The number of hydrogen-bond donors (Lipinski definition) is 1. The monoisotopic (exact) mass is 381 g/mol. The van der Waals surface area contributed by atoms with Crippen LogP contribution in [0.1, 0.15) is 24.2 Å². The lowest BCUT2D eigenvalue weighted by Gasteiger charge is -2.36. The van der Waals surface area contributed by atoms with E-state index in [1.165, 1.54) is 6.92 Å². The Morgan fingerprint density at radius 2 is 1.79 bits per heavy atom. The number of para-hydroxylation sites is 2. The lowest BCUT2D eigenvalue weighted by molar-refractivity contribution is -0.117. The molecule has 0 saturated carbocycles. The second-order valence-electron chi connectivity index (χ2n) is 6.85. The largest absolute Gasteiger partial charge is 0.492 e. The van der Waals surface area contributed by atoms with Gasteiger partial charge in [-0.25, -0.2) is 0 Å². The number of piperazine rings is 1. The van der Waals surface area contributed by atoms with Crippen LogP contribution in [0.25, 0.3) is 0 Å². The highest BCUT2D eigenvalue weighted by atomic mass is 16.5. The first kappa shape index (κ1) is 19.9. The molecule has 1 aliphatic heterocycles. The number of rotatable bonds is 7. The molecule has 1 heterocycles. The fraction of sp³-hybridized carbons (Fsp3) is 0.364. The van der Waals surface area contributed by atoms with E-state index in [1.807, 2.05) is 25.1 Å². The highest BCUT2D eigenvalue weighted by Crippen LogP contribution is 2.28. The average Bonchev–Trinajstić information content (AvgIpc) is 2.69. The third kappa shape index (κ3) is 5.10. The smallest absolute Gasteiger partial charge is 0.238 e. The molecule has 148 valence electrons. The Bertz CT molecular complexity index is 829. The molecule has 1 amide bonds. The van der Waals surface area contributed by atoms with Gasteiger partial charge in [-0.15, -0.1) is 0 Å². The normalized spacial score (nSPS) is 14.6. The fourth-order valence-electron chi connectivity index (χ4n) is 3.36. The van der Waals surface area contributed by atoms with Crippen molar-refractivity contribution in [3.63, 3.8) is 0 Å². The summed E-state index contributed by atoms with van der Waals surface area (Å²) in [5, 5.41) is 2.89. The molecule has 0 aliphatic carbocycles. The van der Waals surface area contributed by atoms with Gasteiger partial charge in [-0.05, 0) is 38.1 Å². The number of nitrogens with one attached hydrogen (secondary N) is 1. The second-order valence-corrected chi connectivity index (χ2v) is 6.85. The van der Waals surface area contributed by atoms with Crippen LogP contribution in [-0.2, 0) is 4.79 Å². The van der Waals surface area contributed by atoms with Crippen LogP contribution in [0.5, 0.6) is 5.75 Å². The van der Waals surface area contributed by atoms with E-state index in [4.69, 9.17) is 4.74 Å². The number of nitrogens with zero attached hydrogens (tertiary/aromatic N) is 2. The molecular formula is C22H27N3O3. The minimum absolute atomic E-state index is 0.0143. The Morgan fingerprint density at radius 3 is 2.50 bits per heavy atom. The number of anilines is 2. The zero-order valence-corrected chi connectivity index (χ0v) is 16.5. The van der Waals surface area contributed by atoms with Crippen LogP contribution < -0.4 is 15.0 Å². The van der Waals surface area contributed by atoms with Gasteiger partial charge in [0.15, 0.2) is 5.78 Å². The molecule has 0 atom stereocenters. The summed E-state index contributed by atoms with van der Waals surface area (Å²) in [5.74, 6) is 0.824. The van der Waals surface area contributed by atoms with Crippen molar-refractivity contribution in [3.05, 3.63) is 54.1 Å². The molecule has 0 radical (unpaired) electrons. The van der Waals surface area contributed by atoms with E-state index in [0.29, 0.717) is 24.4 Å². The van der Waals surface area contributed by atoms with Gasteiger partial charge >= 0.3 is 0 Å². The van der Waals surface area contributed by atoms with Crippen LogP contribution in [0.2, 0.25) is 0 Å². The van der Waals surface area contributed by atoms with E-state index in [2.05, 4.69) is 21.2 Å². The average molecular weight is 381 g/mol. The zero-order chi connectivity index (χ0) is 19.9. The van der Waals surface area contributed by atoms with Gasteiger partial charge < -0.3 is 15.0 Å². The Labute approximate surface area is 166 Å². The maximum absolute atomic E-state index is 12.4. The lowest BCUT2D eigenvalue weighted by Crippen LogP contribution is -2.48. The molecule has 2 aromatic rings. The van der Waals surface area contributed by atoms with Crippen molar-refractivity contribution >= 4 is 23.1 Å². The number of Topliss-reactive ketones (excluding diaryl/α,β-unsaturated/α-hetero) is 1. The van der Waals surface area contributed by atoms with Gasteiger partial charge in [0.2, 0.25) is 5.91 Å². The van der Waals surface area contributed by atoms with E-state index in [9.17, 15) is 9.59 Å². The Morgan fingerprint density at radius 1 is 1.04 bits per heavy atom. The summed E-state index contributed by atoms with van der Waals surface area (Å²) in [4.78, 5) is 28.3. The topological polar surface area (TPSA) is 61.9 Å². The number of carbonyl (C=O) groups is 2. The maximum Gasteiger partial charge on any atom is 0.238 e. The number of ketones is 1. The van der Waals surface area contributed by atoms with E-state index < -0.39 is 0 Å². The number of amides is 1. The lowest BCUT2D eigenvalue weighted by atomic mass is 10.1. The van der Waals surface area contributed by atoms with E-state index >= 15 is 0 Å². The summed E-state index contributed by atoms with van der Waals surface area (Å²) in [7, 11) is 0. The van der Waals surface area contributed by atoms with E-state index in [0.717, 1.165) is 37.6 Å². The fourth-order valence-corrected chi connectivity index (χ4v) is 3.36. The van der Waals surface area contributed by atoms with Crippen molar-refractivity contribution in [3.8, 4) is 5.75 Å². The molecule has 0 aromatic heterocycles. The predicted molar refractivity (Wildman–Crippen MR) is 111 cm³/mol. The van der Waals surface area contributed by atoms with Gasteiger partial charge in [-0.1, -0.05) is 24.3 Å². The van der Waals surface area contributed by atoms with Crippen molar-refractivity contribution in [2.75, 3.05) is 49.5 Å². The molecule has 1 fully saturated rings.